The molecule has 0 radical (unpaired) electrons. The van der Waals surface area contributed by atoms with E-state index >= 15 is 0 Å². The largest absolute Gasteiger partial charge is 0.497 e. The number of benzene rings is 2. The average Bonchev–Trinajstić information content (AvgIpc) is 2.59. The first-order valence-corrected chi connectivity index (χ1v) is 9.06. The van der Waals surface area contributed by atoms with Gasteiger partial charge in [-0.2, -0.15) is 0 Å². The highest BCUT2D eigenvalue weighted by Gasteiger charge is 2.11. The van der Waals surface area contributed by atoms with Gasteiger partial charge < -0.3 is 15.2 Å². The second-order valence-electron chi connectivity index (χ2n) is 5.45. The first kappa shape index (κ1) is 17.7. The lowest BCUT2D eigenvalue weighted by atomic mass is 10.1. The molecule has 0 fully saturated rings. The van der Waals surface area contributed by atoms with Crippen LogP contribution in [0.1, 0.15) is 30.2 Å². The third-order valence-electron chi connectivity index (χ3n) is 3.81. The highest BCUT2D eigenvalue weighted by atomic mass is 32.2. The Morgan fingerprint density at radius 2 is 1.87 bits per heavy atom. The minimum atomic E-state index is -0.962. The van der Waals surface area contributed by atoms with Crippen LogP contribution in [0.4, 0.5) is 0 Å². The fourth-order valence-electron chi connectivity index (χ4n) is 2.32. The molecule has 0 aliphatic heterocycles. The number of nitrogens with one attached hydrogen (secondary N) is 1. The highest BCUT2D eigenvalue weighted by molar-refractivity contribution is 7.84. The van der Waals surface area contributed by atoms with Crippen molar-refractivity contribution < 1.29 is 14.1 Å². The average molecular weight is 333 g/mol. The Kier molecular flexibility index (Phi) is 6.33. The zero-order valence-corrected chi connectivity index (χ0v) is 14.5. The van der Waals surface area contributed by atoms with Gasteiger partial charge in [0, 0.05) is 34.5 Å². The number of hydrogen-bond donors (Lipinski definition) is 2. The SMILES string of the molecule is COc1cccc(C(O)CNC(C)c2ccc(S(C)=O)cc2)c1. The van der Waals surface area contributed by atoms with Gasteiger partial charge in [0.2, 0.25) is 0 Å². The maximum absolute atomic E-state index is 11.4. The summed E-state index contributed by atoms with van der Waals surface area (Å²) in [5.41, 5.74) is 1.91. The zero-order valence-electron chi connectivity index (χ0n) is 13.7. The first-order chi connectivity index (χ1) is 11.0. The lowest BCUT2D eigenvalue weighted by Crippen LogP contribution is -2.24. The second kappa shape index (κ2) is 8.24. The smallest absolute Gasteiger partial charge is 0.119 e. The summed E-state index contributed by atoms with van der Waals surface area (Å²) < 4.78 is 16.6. The van der Waals surface area contributed by atoms with Gasteiger partial charge in [-0.05, 0) is 42.3 Å². The van der Waals surface area contributed by atoms with E-state index in [0.29, 0.717) is 6.54 Å². The quantitative estimate of drug-likeness (QED) is 0.818. The predicted molar refractivity (Wildman–Crippen MR) is 93.1 cm³/mol. The van der Waals surface area contributed by atoms with E-state index in [1.54, 1.807) is 13.4 Å². The molecular weight excluding hydrogens is 310 g/mol. The summed E-state index contributed by atoms with van der Waals surface area (Å²) in [6.07, 6.45) is 1.07. The molecule has 0 bridgehead atoms. The number of aliphatic hydroxyl groups is 1. The fraction of sp³-hybridized carbons (Fsp3) is 0.333. The Bertz CT molecular complexity index is 658. The van der Waals surface area contributed by atoms with Crippen LogP contribution >= 0.6 is 0 Å². The Morgan fingerprint density at radius 1 is 1.17 bits per heavy atom. The fourth-order valence-corrected chi connectivity index (χ4v) is 2.84. The normalized spacial score (nSPS) is 15.0. The molecule has 4 nitrogen and oxygen atoms in total. The van der Waals surface area contributed by atoms with Crippen molar-refractivity contribution in [2.45, 2.75) is 24.0 Å². The molecule has 2 N–H and O–H groups in total. The Balaban J connectivity index is 1.94. The minimum absolute atomic E-state index is 0.0922. The van der Waals surface area contributed by atoms with Crippen molar-refractivity contribution in [1.29, 1.82) is 0 Å². The van der Waals surface area contributed by atoms with Crippen molar-refractivity contribution in [2.75, 3.05) is 19.9 Å². The third kappa shape index (κ3) is 4.89. The molecule has 2 aromatic carbocycles. The van der Waals surface area contributed by atoms with Gasteiger partial charge in [0.25, 0.3) is 0 Å². The lowest BCUT2D eigenvalue weighted by Gasteiger charge is -2.18. The van der Waals surface area contributed by atoms with E-state index in [-0.39, 0.29) is 6.04 Å². The van der Waals surface area contributed by atoms with E-state index in [9.17, 15) is 9.32 Å². The topological polar surface area (TPSA) is 58.6 Å². The van der Waals surface area contributed by atoms with Crippen LogP contribution in [0.5, 0.6) is 5.75 Å². The monoisotopic (exact) mass is 333 g/mol. The van der Waals surface area contributed by atoms with Gasteiger partial charge >= 0.3 is 0 Å². The molecule has 0 aromatic heterocycles. The van der Waals surface area contributed by atoms with Crippen molar-refractivity contribution >= 4 is 10.8 Å². The minimum Gasteiger partial charge on any atom is -0.497 e. The van der Waals surface area contributed by atoms with Crippen molar-refractivity contribution in [3.8, 4) is 5.75 Å². The van der Waals surface area contributed by atoms with Crippen LogP contribution < -0.4 is 10.1 Å². The van der Waals surface area contributed by atoms with Crippen LogP contribution in [0.25, 0.3) is 0 Å². The van der Waals surface area contributed by atoms with Gasteiger partial charge in [0.05, 0.1) is 13.2 Å². The molecule has 0 saturated heterocycles. The van der Waals surface area contributed by atoms with E-state index < -0.39 is 16.9 Å². The molecule has 3 unspecified atom stereocenters. The molecule has 2 aromatic rings. The molecule has 5 heteroatoms. The third-order valence-corrected chi connectivity index (χ3v) is 4.74. The maximum Gasteiger partial charge on any atom is 0.119 e. The lowest BCUT2D eigenvalue weighted by molar-refractivity contribution is 0.170. The first-order valence-electron chi connectivity index (χ1n) is 7.50. The van der Waals surface area contributed by atoms with Crippen LogP contribution in [0.3, 0.4) is 0 Å². The summed E-state index contributed by atoms with van der Waals surface area (Å²) in [5, 5.41) is 13.6. The van der Waals surface area contributed by atoms with Gasteiger partial charge in [0.15, 0.2) is 0 Å². The van der Waals surface area contributed by atoms with Crippen LogP contribution in [0.2, 0.25) is 0 Å². The molecule has 3 atom stereocenters. The van der Waals surface area contributed by atoms with Gasteiger partial charge in [-0.15, -0.1) is 0 Å². The molecule has 2 rings (SSSR count). The molecule has 0 aliphatic rings. The van der Waals surface area contributed by atoms with E-state index in [4.69, 9.17) is 4.74 Å². The molecule has 23 heavy (non-hydrogen) atoms. The summed E-state index contributed by atoms with van der Waals surface area (Å²) in [6, 6.07) is 15.2. The van der Waals surface area contributed by atoms with E-state index in [1.807, 2.05) is 55.5 Å². The number of hydrogen-bond acceptors (Lipinski definition) is 4. The molecule has 0 saturated carbocycles. The number of ether oxygens (including phenoxy) is 1. The summed E-state index contributed by atoms with van der Waals surface area (Å²) in [6.45, 7) is 2.48. The number of rotatable bonds is 7. The van der Waals surface area contributed by atoms with Crippen LogP contribution in [-0.4, -0.2) is 29.2 Å². The van der Waals surface area contributed by atoms with Crippen molar-refractivity contribution in [3.05, 3.63) is 59.7 Å². The molecule has 0 spiro atoms. The summed E-state index contributed by atoms with van der Waals surface area (Å²) >= 11 is 0. The predicted octanol–water partition coefficient (Wildman–Crippen LogP) is 2.82. The molecule has 124 valence electrons. The highest BCUT2D eigenvalue weighted by Crippen LogP contribution is 2.20. The molecule has 0 aliphatic carbocycles. The Morgan fingerprint density at radius 3 is 2.48 bits per heavy atom. The standard InChI is InChI=1S/C18H23NO3S/c1-13(14-7-9-17(10-8-14)23(3)21)19-12-18(20)15-5-4-6-16(11-15)22-2/h4-11,13,18-20H,12H2,1-3H3. The van der Waals surface area contributed by atoms with Crippen LogP contribution in [-0.2, 0) is 10.8 Å². The van der Waals surface area contributed by atoms with Crippen molar-refractivity contribution in [2.24, 2.45) is 0 Å². The van der Waals surface area contributed by atoms with Gasteiger partial charge in [-0.25, -0.2) is 0 Å². The van der Waals surface area contributed by atoms with E-state index in [1.165, 1.54) is 0 Å². The number of methoxy groups -OCH3 is 1. The van der Waals surface area contributed by atoms with E-state index in [0.717, 1.165) is 21.8 Å². The number of aliphatic hydroxyl groups excluding tert-OH is 1. The van der Waals surface area contributed by atoms with Crippen molar-refractivity contribution in [1.82, 2.24) is 5.32 Å². The Hall–Kier alpha value is -1.69. The summed E-state index contributed by atoms with van der Waals surface area (Å²) in [4.78, 5) is 0.817. The molecule has 0 amide bonds. The van der Waals surface area contributed by atoms with Gasteiger partial charge in [-0.3, -0.25) is 4.21 Å². The van der Waals surface area contributed by atoms with Crippen LogP contribution in [0.15, 0.2) is 53.4 Å². The van der Waals surface area contributed by atoms with Gasteiger partial charge in [0.1, 0.15) is 5.75 Å². The van der Waals surface area contributed by atoms with Gasteiger partial charge in [-0.1, -0.05) is 24.3 Å². The molecule has 0 heterocycles. The Labute approximate surface area is 140 Å². The molecular formula is C18H23NO3S. The summed E-state index contributed by atoms with van der Waals surface area (Å²) in [7, 11) is 0.648. The second-order valence-corrected chi connectivity index (χ2v) is 6.83. The van der Waals surface area contributed by atoms with Crippen molar-refractivity contribution in [3.63, 3.8) is 0 Å². The zero-order chi connectivity index (χ0) is 16.8. The van der Waals surface area contributed by atoms with Crippen LogP contribution in [0, 0.1) is 0 Å². The maximum atomic E-state index is 11.4. The summed E-state index contributed by atoms with van der Waals surface area (Å²) in [5.74, 6) is 0.734. The van der Waals surface area contributed by atoms with E-state index in [2.05, 4.69) is 5.32 Å².